The molecule has 6 heteroatoms. The summed E-state index contributed by atoms with van der Waals surface area (Å²) in [6.07, 6.45) is 5.91. The van der Waals surface area contributed by atoms with Gasteiger partial charge in [-0.3, -0.25) is 9.59 Å². The molecule has 2 heterocycles. The van der Waals surface area contributed by atoms with Gasteiger partial charge in [-0.25, -0.2) is 0 Å². The molecule has 0 saturated carbocycles. The number of carbonyl (C=O) groups is 2. The SMILES string of the molecule is CC(c1ccc2c(c1)OCCO2)[C@@H](CN1CCCC1)NC(=O)CCCCCC(=O)c1ccc(C(C)(C)C)cc1. The minimum Gasteiger partial charge on any atom is -0.486 e. The van der Waals surface area contributed by atoms with Crippen LogP contribution in [0.4, 0.5) is 0 Å². The van der Waals surface area contributed by atoms with Crippen LogP contribution < -0.4 is 14.8 Å². The van der Waals surface area contributed by atoms with Crippen molar-refractivity contribution in [2.24, 2.45) is 0 Å². The van der Waals surface area contributed by atoms with Crippen LogP contribution in [0.25, 0.3) is 0 Å². The highest BCUT2D eigenvalue weighted by molar-refractivity contribution is 5.96. The van der Waals surface area contributed by atoms with Crippen molar-refractivity contribution in [2.45, 2.75) is 90.0 Å². The molecule has 2 aliphatic rings. The number of nitrogens with one attached hydrogen (secondary N) is 1. The lowest BCUT2D eigenvalue weighted by molar-refractivity contribution is -0.122. The first-order valence-electron chi connectivity index (χ1n) is 14.8. The van der Waals surface area contributed by atoms with E-state index in [1.54, 1.807) is 0 Å². The summed E-state index contributed by atoms with van der Waals surface area (Å²) in [5.41, 5.74) is 3.24. The normalized spacial score (nSPS) is 17.0. The zero-order chi connectivity index (χ0) is 27.8. The van der Waals surface area contributed by atoms with Crippen molar-refractivity contribution in [3.05, 3.63) is 59.2 Å². The maximum absolute atomic E-state index is 13.0. The van der Waals surface area contributed by atoms with Crippen molar-refractivity contribution in [2.75, 3.05) is 32.8 Å². The second-order valence-electron chi connectivity index (χ2n) is 12.2. The molecular weight excluding hydrogens is 488 g/mol. The molecule has 1 fully saturated rings. The third-order valence-electron chi connectivity index (χ3n) is 8.08. The van der Waals surface area contributed by atoms with Crippen LogP contribution in [-0.2, 0) is 10.2 Å². The third-order valence-corrected chi connectivity index (χ3v) is 8.08. The Kier molecular flexibility index (Phi) is 10.1. The third kappa shape index (κ3) is 8.31. The fourth-order valence-electron chi connectivity index (χ4n) is 5.47. The van der Waals surface area contributed by atoms with E-state index in [-0.39, 0.29) is 29.1 Å². The summed E-state index contributed by atoms with van der Waals surface area (Å²) in [6.45, 7) is 12.9. The highest BCUT2D eigenvalue weighted by Crippen LogP contribution is 2.34. The highest BCUT2D eigenvalue weighted by atomic mass is 16.6. The molecule has 2 aromatic carbocycles. The van der Waals surface area contributed by atoms with Crippen molar-refractivity contribution in [3.8, 4) is 11.5 Å². The second kappa shape index (κ2) is 13.5. The molecule has 0 aromatic heterocycles. The van der Waals surface area contributed by atoms with E-state index < -0.39 is 0 Å². The smallest absolute Gasteiger partial charge is 0.220 e. The summed E-state index contributed by atoms with van der Waals surface area (Å²) in [5, 5.41) is 3.35. The predicted molar refractivity (Wildman–Crippen MR) is 156 cm³/mol. The van der Waals surface area contributed by atoms with Gasteiger partial charge in [0.1, 0.15) is 13.2 Å². The molecule has 0 bridgehead atoms. The first-order valence-corrected chi connectivity index (χ1v) is 14.8. The van der Waals surface area contributed by atoms with Gasteiger partial charge in [-0.1, -0.05) is 64.4 Å². The van der Waals surface area contributed by atoms with E-state index in [1.807, 2.05) is 18.2 Å². The second-order valence-corrected chi connectivity index (χ2v) is 12.2. The van der Waals surface area contributed by atoms with E-state index in [0.717, 1.165) is 61.5 Å². The van der Waals surface area contributed by atoms with E-state index in [1.165, 1.54) is 18.4 Å². The van der Waals surface area contributed by atoms with Gasteiger partial charge in [0.05, 0.1) is 0 Å². The fourth-order valence-corrected chi connectivity index (χ4v) is 5.47. The van der Waals surface area contributed by atoms with Gasteiger partial charge in [-0.05, 0) is 67.4 Å². The van der Waals surface area contributed by atoms with Gasteiger partial charge in [-0.15, -0.1) is 0 Å². The number of unbranched alkanes of at least 4 members (excludes halogenated alkanes) is 2. The lowest BCUT2D eigenvalue weighted by Crippen LogP contribution is -2.46. The molecule has 212 valence electrons. The van der Waals surface area contributed by atoms with Crippen LogP contribution in [0.5, 0.6) is 11.5 Å². The number of fused-ring (bicyclic) bond motifs is 1. The Morgan fingerprint density at radius 1 is 0.897 bits per heavy atom. The highest BCUT2D eigenvalue weighted by Gasteiger charge is 2.26. The number of rotatable bonds is 12. The van der Waals surface area contributed by atoms with Crippen LogP contribution in [0.15, 0.2) is 42.5 Å². The van der Waals surface area contributed by atoms with Crippen LogP contribution in [0.2, 0.25) is 0 Å². The Hall–Kier alpha value is -2.86. The number of likely N-dealkylation sites (tertiary alicyclic amines) is 1. The molecule has 4 rings (SSSR count). The molecule has 6 nitrogen and oxygen atoms in total. The number of hydrogen-bond donors (Lipinski definition) is 1. The van der Waals surface area contributed by atoms with Crippen LogP contribution in [0, 0.1) is 0 Å². The molecule has 2 atom stereocenters. The molecule has 1 N–H and O–H groups in total. The average molecular weight is 535 g/mol. The van der Waals surface area contributed by atoms with Crippen LogP contribution in [0.1, 0.15) is 100 Å². The number of benzene rings is 2. The van der Waals surface area contributed by atoms with Crippen LogP contribution in [-0.4, -0.2) is 55.5 Å². The average Bonchev–Trinajstić information content (AvgIpc) is 3.44. The first-order chi connectivity index (χ1) is 18.7. The summed E-state index contributed by atoms with van der Waals surface area (Å²) in [5.74, 6) is 1.99. The molecule has 0 radical (unpaired) electrons. The van der Waals surface area contributed by atoms with E-state index in [4.69, 9.17) is 9.47 Å². The maximum atomic E-state index is 13.0. The fraction of sp³-hybridized carbons (Fsp3) is 0.576. The molecule has 1 unspecified atom stereocenters. The Bertz CT molecular complexity index is 1100. The minimum atomic E-state index is 0.0239. The molecule has 0 aliphatic carbocycles. The molecule has 2 aliphatic heterocycles. The maximum Gasteiger partial charge on any atom is 0.220 e. The van der Waals surface area contributed by atoms with Crippen LogP contribution >= 0.6 is 0 Å². The van der Waals surface area contributed by atoms with E-state index in [2.05, 4.69) is 62.2 Å². The van der Waals surface area contributed by atoms with Crippen LogP contribution in [0.3, 0.4) is 0 Å². The van der Waals surface area contributed by atoms with Crippen molar-refractivity contribution in [1.29, 1.82) is 0 Å². The lowest BCUT2D eigenvalue weighted by Gasteiger charge is -2.30. The number of Topliss-reactive ketones (excluding diaryl/α,β-unsaturated/α-hetero) is 1. The van der Waals surface area contributed by atoms with E-state index >= 15 is 0 Å². The van der Waals surface area contributed by atoms with Gasteiger partial charge in [-0.2, -0.15) is 0 Å². The van der Waals surface area contributed by atoms with Crippen molar-refractivity contribution >= 4 is 11.7 Å². The number of ether oxygens (including phenoxy) is 2. The number of nitrogens with zero attached hydrogens (tertiary/aromatic N) is 1. The molecule has 1 saturated heterocycles. The van der Waals surface area contributed by atoms with Gasteiger partial charge in [0.2, 0.25) is 5.91 Å². The van der Waals surface area contributed by atoms with Gasteiger partial charge in [0, 0.05) is 36.9 Å². The Balaban J connectivity index is 1.25. The molecule has 2 aromatic rings. The summed E-state index contributed by atoms with van der Waals surface area (Å²) in [4.78, 5) is 28.1. The van der Waals surface area contributed by atoms with Crippen molar-refractivity contribution in [1.82, 2.24) is 10.2 Å². The van der Waals surface area contributed by atoms with Crippen molar-refractivity contribution < 1.29 is 19.1 Å². The summed E-state index contributed by atoms with van der Waals surface area (Å²) in [7, 11) is 0. The first kappa shape index (κ1) is 29.1. The largest absolute Gasteiger partial charge is 0.486 e. The number of ketones is 1. The molecule has 1 amide bonds. The summed E-state index contributed by atoms with van der Waals surface area (Å²) >= 11 is 0. The summed E-state index contributed by atoms with van der Waals surface area (Å²) < 4.78 is 11.5. The molecular formula is C33H46N2O4. The Morgan fingerprint density at radius 2 is 1.56 bits per heavy atom. The molecule has 39 heavy (non-hydrogen) atoms. The summed E-state index contributed by atoms with van der Waals surface area (Å²) in [6, 6.07) is 14.2. The standard InChI is InChI=1S/C33H46N2O4/c1-24(26-14-17-30-31(22-26)39-21-20-38-30)28(23-35-18-8-9-19-35)34-32(37)11-7-5-6-10-29(36)25-12-15-27(16-13-25)33(2,3)4/h12-17,22,24,28H,5-11,18-21,23H2,1-4H3,(H,34,37)/t24?,28-/m1/s1. The number of amides is 1. The van der Waals surface area contributed by atoms with Crippen molar-refractivity contribution in [3.63, 3.8) is 0 Å². The zero-order valence-corrected chi connectivity index (χ0v) is 24.3. The predicted octanol–water partition coefficient (Wildman–Crippen LogP) is 6.27. The van der Waals surface area contributed by atoms with Gasteiger partial charge >= 0.3 is 0 Å². The quantitative estimate of drug-likeness (QED) is 0.257. The Labute approximate surface area is 234 Å². The number of carbonyl (C=O) groups excluding carboxylic acids is 2. The zero-order valence-electron chi connectivity index (χ0n) is 24.3. The molecule has 0 spiro atoms. The van der Waals surface area contributed by atoms with E-state index in [0.29, 0.717) is 26.1 Å². The monoisotopic (exact) mass is 534 g/mol. The Morgan fingerprint density at radius 3 is 2.26 bits per heavy atom. The van der Waals surface area contributed by atoms with Gasteiger partial charge in [0.25, 0.3) is 0 Å². The lowest BCUT2D eigenvalue weighted by atomic mass is 9.86. The number of hydrogen-bond acceptors (Lipinski definition) is 5. The van der Waals surface area contributed by atoms with E-state index in [9.17, 15) is 9.59 Å². The topological polar surface area (TPSA) is 67.9 Å². The minimum absolute atomic E-state index is 0.0239. The van der Waals surface area contributed by atoms with Gasteiger partial charge < -0.3 is 19.7 Å². The van der Waals surface area contributed by atoms with Gasteiger partial charge in [0.15, 0.2) is 17.3 Å².